The average Bonchev–Trinajstić information content (AvgIpc) is 3.24. The zero-order valence-electron chi connectivity index (χ0n) is 35.6. The molecule has 320 valence electrons. The summed E-state index contributed by atoms with van der Waals surface area (Å²) in [5, 5.41) is 38.2. The van der Waals surface area contributed by atoms with Crippen LogP contribution >= 0.6 is 0 Å². The van der Waals surface area contributed by atoms with Crippen LogP contribution in [-0.2, 0) is 28.5 Å². The van der Waals surface area contributed by atoms with Crippen molar-refractivity contribution >= 4 is 11.8 Å². The standard InChI is InChI=1S/C40H69N5O11/c1-13-28-39(8,49)33(47)26(6)41-21-22(2)20-38(7)34(54-36-31(46)27(44(9)10)18-23(3)52-36)24(4)32(25(5)35(48)53-28)55-40(56-38)14-16-45(17-15-40)29-19-30(50-11)43-37(42-29)51-12/h19,22-28,31-34,36,41,46-47,49H,13-18,20-21H2,1-12H3/t22-,23-,24+,25-,26-,27?,28-,31-,32+,33-,34-,36+,38-,39-/m1/s1. The van der Waals surface area contributed by atoms with Gasteiger partial charge in [0.15, 0.2) is 12.1 Å². The minimum absolute atomic E-state index is 0.0272. The van der Waals surface area contributed by atoms with Crippen molar-refractivity contribution in [2.75, 3.05) is 52.8 Å². The normalized spacial score (nSPS) is 41.4. The molecule has 1 spiro atoms. The molecule has 16 nitrogen and oxygen atoms in total. The molecule has 2 bridgehead atoms. The maximum atomic E-state index is 14.3. The Hall–Kier alpha value is -2.41. The largest absolute Gasteiger partial charge is 0.481 e. The second kappa shape index (κ2) is 17.8. The van der Waals surface area contributed by atoms with E-state index < -0.39 is 77.6 Å². The molecule has 1 aromatic rings. The van der Waals surface area contributed by atoms with Crippen molar-refractivity contribution in [3.05, 3.63) is 6.07 Å². The van der Waals surface area contributed by atoms with Gasteiger partial charge in [0, 0.05) is 50.0 Å². The van der Waals surface area contributed by atoms with Gasteiger partial charge in [-0.05, 0) is 80.4 Å². The highest BCUT2D eigenvalue weighted by Crippen LogP contribution is 2.48. The van der Waals surface area contributed by atoms with Crippen LogP contribution in [0.4, 0.5) is 5.82 Å². The van der Waals surface area contributed by atoms with Crippen LogP contribution < -0.4 is 19.7 Å². The molecule has 0 saturated carbocycles. The number of carbonyl (C=O) groups excluding carboxylic acids is 1. The minimum atomic E-state index is -1.74. The minimum Gasteiger partial charge on any atom is -0.481 e. The molecule has 0 aromatic carbocycles. The first-order valence-corrected chi connectivity index (χ1v) is 20.4. The Morgan fingerprint density at radius 1 is 1.05 bits per heavy atom. The number of nitrogens with zero attached hydrogens (tertiary/aromatic N) is 4. The number of hydrogen-bond donors (Lipinski definition) is 4. The molecule has 14 atom stereocenters. The molecule has 4 N–H and O–H groups in total. The third kappa shape index (κ3) is 9.39. The van der Waals surface area contributed by atoms with E-state index in [2.05, 4.69) is 27.1 Å². The zero-order valence-corrected chi connectivity index (χ0v) is 35.6. The molecule has 16 heteroatoms. The van der Waals surface area contributed by atoms with Crippen LogP contribution in [0.5, 0.6) is 11.9 Å². The molecule has 0 aliphatic carbocycles. The molecule has 0 amide bonds. The number of anilines is 1. The van der Waals surface area contributed by atoms with Gasteiger partial charge in [0.05, 0.1) is 44.1 Å². The van der Waals surface area contributed by atoms with Crippen LogP contribution in [-0.4, -0.2) is 156 Å². The number of piperidine rings is 1. The summed E-state index contributed by atoms with van der Waals surface area (Å²) in [6.07, 6.45) is -3.62. The quantitative estimate of drug-likeness (QED) is 0.295. The fourth-order valence-corrected chi connectivity index (χ4v) is 9.38. The molecule has 5 heterocycles. The number of likely N-dealkylation sites (N-methyl/N-ethyl adjacent to an activating group) is 1. The molecule has 4 aliphatic rings. The third-order valence-corrected chi connectivity index (χ3v) is 12.6. The van der Waals surface area contributed by atoms with Crippen LogP contribution in [0, 0.1) is 17.8 Å². The lowest BCUT2D eigenvalue weighted by Crippen LogP contribution is -2.60. The van der Waals surface area contributed by atoms with Crippen molar-refractivity contribution in [1.82, 2.24) is 20.2 Å². The van der Waals surface area contributed by atoms with E-state index in [1.807, 2.05) is 53.6 Å². The van der Waals surface area contributed by atoms with Crippen molar-refractivity contribution in [2.45, 2.75) is 159 Å². The van der Waals surface area contributed by atoms with Gasteiger partial charge >= 0.3 is 12.0 Å². The highest BCUT2D eigenvalue weighted by atomic mass is 16.7. The average molecular weight is 796 g/mol. The third-order valence-electron chi connectivity index (χ3n) is 12.6. The van der Waals surface area contributed by atoms with Gasteiger partial charge in [-0.15, -0.1) is 0 Å². The number of cyclic esters (lactones) is 1. The van der Waals surface area contributed by atoms with Crippen molar-refractivity contribution in [1.29, 1.82) is 0 Å². The monoisotopic (exact) mass is 795 g/mol. The fraction of sp³-hybridized carbons (Fsp3) is 0.875. The lowest BCUT2D eigenvalue weighted by atomic mass is 9.78. The van der Waals surface area contributed by atoms with Gasteiger partial charge in [0.1, 0.15) is 29.7 Å². The fourth-order valence-electron chi connectivity index (χ4n) is 9.38. The Labute approximate surface area is 332 Å². The molecule has 0 radical (unpaired) electrons. The predicted molar refractivity (Wildman–Crippen MR) is 207 cm³/mol. The summed E-state index contributed by atoms with van der Waals surface area (Å²) < 4.78 is 44.8. The number of fused-ring (bicyclic) bond motifs is 3. The van der Waals surface area contributed by atoms with E-state index in [9.17, 15) is 20.1 Å². The SMILES string of the molecule is CC[C@H]1OC(=O)[C@H](C)[C@H]2OC3(CCN(c4cc(OC)nc(OC)n4)CC3)O[C@](C)(C[C@@H](C)CN[C@H](C)[C@@H](O)[C@]1(C)O)[C@H](O[C@@H]1O[C@H](C)CC(N(C)C)[C@H]1O)[C@H]2C. The molecular weight excluding hydrogens is 726 g/mol. The van der Waals surface area contributed by atoms with Gasteiger partial charge < -0.3 is 63.6 Å². The van der Waals surface area contributed by atoms with Crippen LogP contribution in [0.3, 0.4) is 0 Å². The van der Waals surface area contributed by atoms with Crippen molar-refractivity contribution in [3.63, 3.8) is 0 Å². The van der Waals surface area contributed by atoms with Gasteiger partial charge in [-0.1, -0.05) is 20.8 Å². The predicted octanol–water partition coefficient (Wildman–Crippen LogP) is 2.50. The van der Waals surface area contributed by atoms with E-state index in [1.54, 1.807) is 20.1 Å². The molecule has 4 saturated heterocycles. The van der Waals surface area contributed by atoms with Crippen molar-refractivity contribution < 1.29 is 53.3 Å². The second-order valence-corrected chi connectivity index (χ2v) is 17.4. The highest BCUT2D eigenvalue weighted by molar-refractivity contribution is 5.73. The topological polar surface area (TPSA) is 187 Å². The first-order chi connectivity index (χ1) is 26.3. The molecule has 56 heavy (non-hydrogen) atoms. The van der Waals surface area contributed by atoms with E-state index >= 15 is 0 Å². The first-order valence-electron chi connectivity index (χ1n) is 20.4. The summed E-state index contributed by atoms with van der Waals surface area (Å²) >= 11 is 0. The number of nitrogens with one attached hydrogen (secondary N) is 1. The Kier molecular flexibility index (Phi) is 14.2. The summed E-state index contributed by atoms with van der Waals surface area (Å²) in [5.74, 6) is -2.07. The molecule has 4 fully saturated rings. The number of aromatic nitrogens is 2. The summed E-state index contributed by atoms with van der Waals surface area (Å²) in [6, 6.07) is 1.22. The van der Waals surface area contributed by atoms with Crippen molar-refractivity contribution in [2.24, 2.45) is 17.8 Å². The Morgan fingerprint density at radius 3 is 2.34 bits per heavy atom. The van der Waals surface area contributed by atoms with E-state index in [0.29, 0.717) is 57.0 Å². The highest BCUT2D eigenvalue weighted by Gasteiger charge is 2.58. The number of methoxy groups -OCH3 is 2. The number of aliphatic hydroxyl groups excluding tert-OH is 2. The molecule has 1 aromatic heterocycles. The van der Waals surface area contributed by atoms with Gasteiger partial charge in [0.2, 0.25) is 5.88 Å². The molecular formula is C40H69N5O11. The van der Waals surface area contributed by atoms with Crippen LogP contribution in [0.2, 0.25) is 0 Å². The smallest absolute Gasteiger partial charge is 0.321 e. The van der Waals surface area contributed by atoms with Gasteiger partial charge in [-0.2, -0.15) is 9.97 Å². The van der Waals surface area contributed by atoms with E-state index in [0.717, 1.165) is 0 Å². The number of esters is 1. The summed E-state index contributed by atoms with van der Waals surface area (Å²) in [7, 11) is 6.92. The van der Waals surface area contributed by atoms with Crippen molar-refractivity contribution in [3.8, 4) is 11.9 Å². The maximum absolute atomic E-state index is 14.3. The lowest BCUT2D eigenvalue weighted by Gasteiger charge is -2.49. The summed E-state index contributed by atoms with van der Waals surface area (Å²) in [5.41, 5.74) is -2.77. The van der Waals surface area contributed by atoms with Gasteiger partial charge in [-0.25, -0.2) is 0 Å². The van der Waals surface area contributed by atoms with E-state index in [1.165, 1.54) is 14.0 Å². The Morgan fingerprint density at radius 2 is 1.73 bits per heavy atom. The number of hydrogen-bond acceptors (Lipinski definition) is 16. The Bertz CT molecular complexity index is 1440. The van der Waals surface area contributed by atoms with Crippen LogP contribution in [0.1, 0.15) is 87.5 Å². The first kappa shape index (κ1) is 44.7. The second-order valence-electron chi connectivity index (χ2n) is 17.4. The lowest BCUT2D eigenvalue weighted by molar-refractivity contribution is -0.327. The molecule has 5 rings (SSSR count). The van der Waals surface area contributed by atoms with E-state index in [4.69, 9.17) is 33.2 Å². The number of rotatable bonds is 7. The number of aliphatic hydroxyl groups is 3. The number of ether oxygens (including phenoxy) is 7. The Balaban J connectivity index is 1.59. The maximum Gasteiger partial charge on any atom is 0.321 e. The molecule has 1 unspecified atom stereocenters. The summed E-state index contributed by atoms with van der Waals surface area (Å²) in [6.45, 7) is 16.5. The van der Waals surface area contributed by atoms with Gasteiger partial charge in [0.25, 0.3) is 0 Å². The van der Waals surface area contributed by atoms with Gasteiger partial charge in [-0.3, -0.25) is 4.79 Å². The number of carbonyl (C=O) groups is 1. The van der Waals surface area contributed by atoms with Crippen LogP contribution in [0.25, 0.3) is 0 Å². The summed E-state index contributed by atoms with van der Waals surface area (Å²) in [4.78, 5) is 27.2. The molecule has 4 aliphatic heterocycles. The van der Waals surface area contributed by atoms with E-state index in [-0.39, 0.29) is 30.5 Å². The van der Waals surface area contributed by atoms with Crippen LogP contribution in [0.15, 0.2) is 6.07 Å². The zero-order chi connectivity index (χ0) is 41.3.